The van der Waals surface area contributed by atoms with Gasteiger partial charge in [0.1, 0.15) is 52.7 Å². The number of amides is 1. The van der Waals surface area contributed by atoms with Crippen LogP contribution in [0.1, 0.15) is 16.1 Å². The van der Waals surface area contributed by atoms with Gasteiger partial charge in [-0.1, -0.05) is 30.3 Å². The van der Waals surface area contributed by atoms with Gasteiger partial charge in [-0.15, -0.1) is 21.9 Å². The van der Waals surface area contributed by atoms with Gasteiger partial charge in [-0.2, -0.15) is 4.57 Å². The highest BCUT2D eigenvalue weighted by Gasteiger charge is 2.52. The van der Waals surface area contributed by atoms with Gasteiger partial charge < -0.3 is 5.73 Å². The zero-order chi connectivity index (χ0) is 45.7. The Labute approximate surface area is 325 Å². The van der Waals surface area contributed by atoms with E-state index in [0.29, 0.717) is 6.54 Å². The molecule has 0 spiro atoms. The molecule has 5 aromatic carbocycles. The van der Waals surface area contributed by atoms with Crippen LogP contribution in [0.25, 0.3) is 0 Å². The monoisotopic (exact) mass is 893 g/mol. The first kappa shape index (κ1) is 45.4. The van der Waals surface area contributed by atoms with Gasteiger partial charge in [-0.3, -0.25) is 4.79 Å². The maximum absolute atomic E-state index is 15.4. The summed E-state index contributed by atoms with van der Waals surface area (Å²) in [6, 6.07) is 9.97. The Bertz CT molecular complexity index is 2390. The van der Waals surface area contributed by atoms with Crippen LogP contribution in [-0.2, 0) is 6.54 Å². The quantitative estimate of drug-likeness (QED) is 0.0668. The molecular weight excluding hydrogens is 881 g/mol. The minimum atomic E-state index is -7.22. The first-order valence-electron chi connectivity index (χ1n) is 15.9. The minimum absolute atomic E-state index is 0.276. The number of carbonyl (C=O) groups excluding carboxylic acids is 1. The number of rotatable bonds is 7. The molecule has 4 nitrogen and oxygen atoms in total. The van der Waals surface area contributed by atoms with Crippen LogP contribution < -0.4 is 32.2 Å². The number of carbonyl (C=O) groups is 1. The van der Waals surface area contributed by atoms with E-state index in [0.717, 1.165) is 5.56 Å². The Balaban J connectivity index is 0.000000366. The van der Waals surface area contributed by atoms with Gasteiger partial charge in [0.25, 0.3) is 5.91 Å². The van der Waals surface area contributed by atoms with Crippen molar-refractivity contribution in [3.63, 3.8) is 0 Å². The number of hydrogen-bond acceptors (Lipinski definition) is 2. The van der Waals surface area contributed by atoms with Crippen LogP contribution in [-0.4, -0.2) is 17.0 Å². The fourth-order valence-electron chi connectivity index (χ4n) is 6.33. The molecular formula is C36H12BF20N3O. The smallest absolute Gasteiger partial charge is 0.273 e. The molecule has 0 saturated heterocycles. The molecule has 2 N–H and O–H groups in total. The summed E-state index contributed by atoms with van der Waals surface area (Å²) in [5.74, 6) is -71.9. The van der Waals surface area contributed by atoms with Gasteiger partial charge in [-0.05, 0) is 0 Å². The molecule has 0 aliphatic rings. The summed E-state index contributed by atoms with van der Waals surface area (Å²) >= 11 is 0. The van der Waals surface area contributed by atoms with Crippen molar-refractivity contribution in [2.24, 2.45) is 5.73 Å². The fraction of sp³-hybridized carbons (Fsp3) is 0.0278. The number of nitrogens with two attached hydrogens (primary N) is 1. The van der Waals surface area contributed by atoms with Crippen LogP contribution >= 0.6 is 0 Å². The number of nitrogens with zero attached hydrogens (tertiary/aromatic N) is 2. The Morgan fingerprint density at radius 2 is 0.705 bits per heavy atom. The lowest BCUT2D eigenvalue weighted by molar-refractivity contribution is -0.689. The van der Waals surface area contributed by atoms with Gasteiger partial charge in [0.2, 0.25) is 6.20 Å². The normalized spacial score (nSPS) is 11.5. The molecule has 0 unspecified atom stereocenters. The second-order valence-corrected chi connectivity index (χ2v) is 12.3. The zero-order valence-electron chi connectivity index (χ0n) is 28.8. The van der Waals surface area contributed by atoms with Gasteiger partial charge >= 0.3 is 0 Å². The molecule has 320 valence electrons. The molecule has 0 aliphatic heterocycles. The van der Waals surface area contributed by atoms with Crippen molar-refractivity contribution in [2.45, 2.75) is 6.54 Å². The number of aromatic nitrogens is 2. The van der Waals surface area contributed by atoms with Crippen molar-refractivity contribution < 1.29 is 97.2 Å². The highest BCUT2D eigenvalue weighted by molar-refractivity contribution is 7.20. The molecule has 0 fully saturated rings. The summed E-state index contributed by atoms with van der Waals surface area (Å²) < 4.78 is 296. The Kier molecular flexibility index (Phi) is 12.5. The third kappa shape index (κ3) is 7.23. The highest BCUT2D eigenvalue weighted by atomic mass is 19.2. The maximum Gasteiger partial charge on any atom is 0.273 e. The Morgan fingerprint density at radius 3 is 0.967 bits per heavy atom. The summed E-state index contributed by atoms with van der Waals surface area (Å²) in [6.07, 6.45) is -2.19. The van der Waals surface area contributed by atoms with Crippen molar-refractivity contribution in [1.82, 2.24) is 4.98 Å². The molecule has 1 heterocycles. The molecule has 6 aromatic rings. The van der Waals surface area contributed by atoms with E-state index in [4.69, 9.17) is 5.73 Å². The molecule has 25 heteroatoms. The standard InChI is InChI=1S/C24BF20.C12H11N3O/c26-5-1(6(27)14(35)21(42)13(5)34)25(2-7(28)15(36)22(43)16(37)8(2)29,3-9(30)17(38)23(44)18(39)10(3)31)4-11(32)19(40)24(45)20(41)12(4)33;13-12(16)11-9-15(7-6-14-11)8-10-4-2-1-3-5-10/h;1-7,9H,8H2,(H-,13,16)/q-1;/p+1. The van der Waals surface area contributed by atoms with Crippen LogP contribution in [0.4, 0.5) is 87.8 Å². The van der Waals surface area contributed by atoms with E-state index in [1.54, 1.807) is 18.6 Å². The molecule has 1 amide bonds. The van der Waals surface area contributed by atoms with Crippen LogP contribution in [0.15, 0.2) is 48.9 Å². The van der Waals surface area contributed by atoms with E-state index < -0.39 is 150 Å². The largest absolute Gasteiger partial charge is 0.364 e. The average molecular weight is 893 g/mol. The number of halogens is 20. The Hall–Kier alpha value is -6.69. The minimum Gasteiger partial charge on any atom is -0.364 e. The van der Waals surface area contributed by atoms with Crippen molar-refractivity contribution in [2.75, 3.05) is 0 Å². The van der Waals surface area contributed by atoms with E-state index >= 15 is 35.1 Å². The lowest BCUT2D eigenvalue weighted by atomic mass is 9.12. The summed E-state index contributed by atoms with van der Waals surface area (Å²) in [7, 11) is 0. The second kappa shape index (κ2) is 16.8. The van der Waals surface area contributed by atoms with Gasteiger partial charge in [0.05, 0.1) is 6.20 Å². The predicted octanol–water partition coefficient (Wildman–Crippen LogP) is 6.36. The van der Waals surface area contributed by atoms with Gasteiger partial charge in [0.15, 0.2) is 88.2 Å². The van der Waals surface area contributed by atoms with Crippen LogP contribution in [0.5, 0.6) is 0 Å². The molecule has 0 saturated carbocycles. The molecule has 61 heavy (non-hydrogen) atoms. The molecule has 6 rings (SSSR count). The van der Waals surface area contributed by atoms with Gasteiger partial charge in [0, 0.05) is 5.56 Å². The Morgan fingerprint density at radius 1 is 0.443 bits per heavy atom. The first-order valence-corrected chi connectivity index (χ1v) is 15.9. The third-order valence-corrected chi connectivity index (χ3v) is 8.93. The predicted molar refractivity (Wildman–Crippen MR) is 168 cm³/mol. The average Bonchev–Trinajstić information content (AvgIpc) is 3.24. The van der Waals surface area contributed by atoms with Crippen LogP contribution in [0, 0.1) is 116 Å². The second-order valence-electron chi connectivity index (χ2n) is 12.3. The van der Waals surface area contributed by atoms with Gasteiger partial charge in [-0.25, -0.2) is 92.8 Å². The SMILES string of the molecule is Fc1c(F)c(F)c([B-](c2c(F)c(F)c(F)c(F)c2F)(c2c(F)c(F)c(F)c(F)c2F)c2c(F)c(F)c(F)c(F)c2F)c(F)c1F.NC(=O)c1c[n+](Cc2ccccc2)ccn1. The molecule has 0 aliphatic carbocycles. The van der Waals surface area contributed by atoms with E-state index in [1.165, 1.54) is 0 Å². The summed E-state index contributed by atoms with van der Waals surface area (Å²) in [4.78, 5) is 14.8. The highest BCUT2D eigenvalue weighted by Crippen LogP contribution is 2.30. The van der Waals surface area contributed by atoms with Crippen molar-refractivity contribution in [3.05, 3.63) is 177 Å². The lowest BCUT2D eigenvalue weighted by Gasteiger charge is -2.44. The van der Waals surface area contributed by atoms with Crippen molar-refractivity contribution >= 4 is 33.9 Å². The maximum atomic E-state index is 15.4. The topological polar surface area (TPSA) is 59.9 Å². The fourth-order valence-corrected chi connectivity index (χ4v) is 6.33. The number of primary amides is 1. The van der Waals surface area contributed by atoms with Crippen LogP contribution in [0.2, 0.25) is 0 Å². The number of hydrogen-bond donors (Lipinski definition) is 1. The van der Waals surface area contributed by atoms with Crippen molar-refractivity contribution in [3.8, 4) is 0 Å². The summed E-state index contributed by atoms with van der Waals surface area (Å²) in [6.45, 7) is 0.698. The third-order valence-electron chi connectivity index (χ3n) is 8.93. The lowest BCUT2D eigenvalue weighted by Crippen LogP contribution is -2.81. The number of benzene rings is 5. The van der Waals surface area contributed by atoms with Crippen LogP contribution in [0.3, 0.4) is 0 Å². The first-order chi connectivity index (χ1) is 28.5. The van der Waals surface area contributed by atoms with E-state index in [9.17, 15) is 57.5 Å². The van der Waals surface area contributed by atoms with E-state index in [2.05, 4.69) is 4.98 Å². The molecule has 1 aromatic heterocycles. The molecule has 0 radical (unpaired) electrons. The van der Waals surface area contributed by atoms with E-state index in [1.807, 2.05) is 34.9 Å². The van der Waals surface area contributed by atoms with E-state index in [-0.39, 0.29) is 5.69 Å². The summed E-state index contributed by atoms with van der Waals surface area (Å²) in [5, 5.41) is 0. The molecule has 0 atom stereocenters. The summed E-state index contributed by atoms with van der Waals surface area (Å²) in [5.41, 5.74) is -7.73. The zero-order valence-corrected chi connectivity index (χ0v) is 28.8. The van der Waals surface area contributed by atoms with Crippen molar-refractivity contribution in [1.29, 1.82) is 0 Å². The molecule has 0 bridgehead atoms.